The van der Waals surface area contributed by atoms with E-state index < -0.39 is 5.97 Å². The van der Waals surface area contributed by atoms with E-state index in [0.717, 1.165) is 77.0 Å². The predicted molar refractivity (Wildman–Crippen MR) is 210 cm³/mol. The van der Waals surface area contributed by atoms with Crippen molar-refractivity contribution in [3.05, 3.63) is 0 Å². The fraction of sp³-hybridized carbons (Fsp3) is 0.763. The third-order valence-corrected chi connectivity index (χ3v) is 8.35. The molecule has 0 fully saturated rings. The minimum Gasteiger partial charge on any atom is -0.481 e. The highest BCUT2D eigenvalue weighted by Crippen LogP contribution is 1.99. The molecule has 0 aliphatic rings. The number of carbonyl (C=O) groups is 9. The zero-order valence-corrected chi connectivity index (χ0v) is 33.4. The molecule has 8 amide bonds. The van der Waals surface area contributed by atoms with Gasteiger partial charge in [-0.1, -0.05) is 0 Å². The van der Waals surface area contributed by atoms with Crippen molar-refractivity contribution in [3.8, 4) is 0 Å². The second-order valence-corrected chi connectivity index (χ2v) is 13.6. The van der Waals surface area contributed by atoms with Crippen LogP contribution >= 0.6 is 0 Å². The topological polar surface area (TPSA) is 270 Å². The molecule has 0 rings (SSSR count). The predicted octanol–water partition coefficient (Wildman–Crippen LogP) is 0.823. The molecule has 0 aliphatic carbocycles. The number of carboxylic acids is 1. The molecule has 0 bridgehead atoms. The van der Waals surface area contributed by atoms with Gasteiger partial charge in [-0.25, -0.2) is 0 Å². The molecule has 0 aromatic rings. The monoisotopic (exact) mass is 797 g/mol. The molecule has 320 valence electrons. The van der Waals surface area contributed by atoms with E-state index in [9.17, 15) is 43.2 Å². The molecule has 9 N–H and O–H groups in total. The minimum atomic E-state index is -1.01. The molecule has 0 unspecified atom stereocenters. The summed E-state index contributed by atoms with van der Waals surface area (Å²) in [6, 6.07) is 0. The lowest BCUT2D eigenvalue weighted by atomic mass is 10.2. The van der Waals surface area contributed by atoms with Crippen LogP contribution in [0.2, 0.25) is 0 Å². The van der Waals surface area contributed by atoms with Gasteiger partial charge in [-0.3, -0.25) is 43.2 Å². The number of carbonyl (C=O) groups excluding carboxylic acids is 8. The van der Waals surface area contributed by atoms with E-state index in [1.165, 1.54) is 6.92 Å². The summed E-state index contributed by atoms with van der Waals surface area (Å²) in [7, 11) is 0. The maximum absolute atomic E-state index is 12.1. The van der Waals surface area contributed by atoms with E-state index in [4.69, 9.17) is 5.11 Å². The van der Waals surface area contributed by atoms with Crippen molar-refractivity contribution in [2.24, 2.45) is 0 Å². The Bertz CT molecular complexity index is 1200. The van der Waals surface area contributed by atoms with Gasteiger partial charge in [0.25, 0.3) is 0 Å². The lowest BCUT2D eigenvalue weighted by Crippen LogP contribution is -2.30. The number of carboxylic acid groups (broad SMARTS) is 1. The summed E-state index contributed by atoms with van der Waals surface area (Å²) in [6.07, 6.45) is 9.72. The van der Waals surface area contributed by atoms with E-state index in [2.05, 4.69) is 42.5 Å². The Morgan fingerprint density at radius 3 is 0.643 bits per heavy atom. The van der Waals surface area contributed by atoms with Crippen LogP contribution in [0.3, 0.4) is 0 Å². The highest BCUT2D eigenvalue weighted by atomic mass is 16.4. The molecule has 18 heteroatoms. The van der Waals surface area contributed by atoms with E-state index in [1.54, 1.807) is 0 Å². The Morgan fingerprint density at radius 2 is 0.464 bits per heavy atom. The van der Waals surface area contributed by atoms with Gasteiger partial charge in [0.1, 0.15) is 0 Å². The van der Waals surface area contributed by atoms with Crippen LogP contribution in [0.25, 0.3) is 0 Å². The Morgan fingerprint density at radius 1 is 0.286 bits per heavy atom. The normalized spacial score (nSPS) is 10.4. The number of hydrogen-bond acceptors (Lipinski definition) is 9. The number of amides is 8. The average molecular weight is 797 g/mol. The first-order chi connectivity index (χ1) is 26.9. The van der Waals surface area contributed by atoms with Crippen molar-refractivity contribution in [3.63, 3.8) is 0 Å². The quantitative estimate of drug-likeness (QED) is 0.0403. The molecule has 0 atom stereocenters. The molecule has 18 nitrogen and oxygen atoms in total. The second-order valence-electron chi connectivity index (χ2n) is 13.6. The summed E-state index contributed by atoms with van der Waals surface area (Å²) in [4.78, 5) is 105. The van der Waals surface area contributed by atoms with Crippen LogP contribution in [0.4, 0.5) is 0 Å². The molecule has 0 saturated carbocycles. The van der Waals surface area contributed by atoms with Crippen LogP contribution in [-0.4, -0.2) is 111 Å². The molecule has 0 aromatic heterocycles. The Balaban J connectivity index is 3.57. The van der Waals surface area contributed by atoms with Crippen LogP contribution in [0.15, 0.2) is 0 Å². The SMILES string of the molecule is CC(=O)NCCCCCNC(=O)CCC(=O)NCCCCCNC(=O)CCC(=O)NCCCCCNC(=O)CCC(=O)NCCCCCNC(=O)CCC(=O)O. The lowest BCUT2D eigenvalue weighted by Gasteiger charge is -2.08. The summed E-state index contributed by atoms with van der Waals surface area (Å²) in [6.45, 7) is 5.50. The zero-order chi connectivity index (χ0) is 41.7. The Labute approximate surface area is 331 Å². The van der Waals surface area contributed by atoms with Crippen molar-refractivity contribution in [2.75, 3.05) is 52.4 Å². The van der Waals surface area contributed by atoms with Gasteiger partial charge in [0, 0.05) is 104 Å². The summed E-state index contributed by atoms with van der Waals surface area (Å²) in [5, 5.41) is 30.7. The maximum atomic E-state index is 12.1. The summed E-state index contributed by atoms with van der Waals surface area (Å²) in [5.41, 5.74) is 0. The van der Waals surface area contributed by atoms with E-state index >= 15 is 0 Å². The van der Waals surface area contributed by atoms with Gasteiger partial charge in [0.15, 0.2) is 0 Å². The highest BCUT2D eigenvalue weighted by molar-refractivity contribution is 5.85. The van der Waals surface area contributed by atoms with Crippen LogP contribution in [0, 0.1) is 0 Å². The van der Waals surface area contributed by atoms with Gasteiger partial charge >= 0.3 is 5.97 Å². The van der Waals surface area contributed by atoms with Gasteiger partial charge in [0.05, 0.1) is 6.42 Å². The molecule has 0 spiro atoms. The van der Waals surface area contributed by atoms with Gasteiger partial charge in [0.2, 0.25) is 47.3 Å². The molecular formula is C38H68N8O10. The first-order valence-electron chi connectivity index (χ1n) is 20.2. The Kier molecular flexibility index (Phi) is 32.8. The van der Waals surface area contributed by atoms with Crippen molar-refractivity contribution in [1.82, 2.24) is 42.5 Å². The number of unbranched alkanes of at least 4 members (excludes halogenated alkanes) is 8. The fourth-order valence-corrected chi connectivity index (χ4v) is 5.09. The van der Waals surface area contributed by atoms with Crippen molar-refractivity contribution >= 4 is 53.2 Å². The van der Waals surface area contributed by atoms with Crippen molar-refractivity contribution < 1.29 is 48.3 Å². The van der Waals surface area contributed by atoms with Gasteiger partial charge < -0.3 is 47.6 Å². The summed E-state index contributed by atoms with van der Waals surface area (Å²) >= 11 is 0. The third kappa shape index (κ3) is 37.5. The second kappa shape index (κ2) is 35.9. The number of rotatable bonds is 36. The molecule has 0 aliphatic heterocycles. The van der Waals surface area contributed by atoms with Crippen LogP contribution in [0.5, 0.6) is 0 Å². The molecular weight excluding hydrogens is 728 g/mol. The van der Waals surface area contributed by atoms with Gasteiger partial charge in [-0.15, -0.1) is 0 Å². The average Bonchev–Trinajstić information content (AvgIpc) is 3.15. The van der Waals surface area contributed by atoms with Crippen molar-refractivity contribution in [2.45, 2.75) is 135 Å². The number of nitrogens with one attached hydrogen (secondary N) is 8. The number of hydrogen-bond donors (Lipinski definition) is 9. The van der Waals surface area contributed by atoms with E-state index in [0.29, 0.717) is 52.4 Å². The standard InChI is InChI=1S/C38H68N8O10/c1-30(47)39-22-6-2-7-23-40-31(48)14-15-32(49)41-24-8-3-9-25-42-33(50)16-17-34(51)43-26-10-4-11-27-44-35(52)18-19-36(53)45-28-12-5-13-29-46-37(54)20-21-38(55)56/h2-29H2,1H3,(H,39,47)(H,40,48)(H,41,49)(H,42,50)(H,43,51)(H,44,52)(H,45,53)(H,46,54)(H,55,56). The van der Waals surface area contributed by atoms with Crippen LogP contribution in [-0.2, 0) is 43.2 Å². The maximum Gasteiger partial charge on any atom is 0.303 e. The van der Waals surface area contributed by atoms with Crippen LogP contribution < -0.4 is 42.5 Å². The summed E-state index contributed by atoms with van der Waals surface area (Å²) < 4.78 is 0. The highest BCUT2D eigenvalue weighted by Gasteiger charge is 2.09. The number of aliphatic carboxylic acids is 1. The molecule has 56 heavy (non-hydrogen) atoms. The summed E-state index contributed by atoms with van der Waals surface area (Å²) in [5.74, 6) is -2.50. The molecule has 0 saturated heterocycles. The largest absolute Gasteiger partial charge is 0.481 e. The molecule has 0 heterocycles. The van der Waals surface area contributed by atoms with E-state index in [1.807, 2.05) is 0 Å². The fourth-order valence-electron chi connectivity index (χ4n) is 5.09. The Hall–Kier alpha value is -4.77. The molecule has 0 radical (unpaired) electrons. The van der Waals surface area contributed by atoms with Gasteiger partial charge in [-0.2, -0.15) is 0 Å². The lowest BCUT2D eigenvalue weighted by molar-refractivity contribution is -0.138. The third-order valence-electron chi connectivity index (χ3n) is 8.35. The van der Waals surface area contributed by atoms with Crippen LogP contribution in [0.1, 0.15) is 135 Å². The zero-order valence-electron chi connectivity index (χ0n) is 33.4. The van der Waals surface area contributed by atoms with Gasteiger partial charge in [-0.05, 0) is 77.0 Å². The van der Waals surface area contributed by atoms with E-state index in [-0.39, 0.29) is 98.6 Å². The first kappa shape index (κ1) is 51.2. The molecule has 0 aromatic carbocycles. The van der Waals surface area contributed by atoms with Crippen molar-refractivity contribution in [1.29, 1.82) is 0 Å². The minimum absolute atomic E-state index is 0.0411. The smallest absolute Gasteiger partial charge is 0.303 e. The first-order valence-corrected chi connectivity index (χ1v) is 20.2.